The summed E-state index contributed by atoms with van der Waals surface area (Å²) < 4.78 is 0. The van der Waals surface area contributed by atoms with Crippen molar-refractivity contribution in [2.24, 2.45) is 10.8 Å². The average molecular weight is 251 g/mol. The first kappa shape index (κ1) is 13.1. The number of aliphatic carboxylic acids is 1. The second-order valence-electron chi connectivity index (χ2n) is 3.29. The van der Waals surface area contributed by atoms with Crippen LogP contribution in [0.2, 0.25) is 0 Å². The molecule has 0 radical (unpaired) electrons. The number of thiocarbonyl (C=S) groups is 1. The zero-order valence-electron chi connectivity index (χ0n) is 9.09. The smallest absolute Gasteiger partial charge is 0.303 e. The molecule has 1 aromatic carbocycles. The summed E-state index contributed by atoms with van der Waals surface area (Å²) in [6.07, 6.45) is 0.321. The Morgan fingerprint density at radius 2 is 2.00 bits per heavy atom. The molecule has 1 rings (SSSR count). The van der Waals surface area contributed by atoms with Gasteiger partial charge in [-0.25, -0.2) is 0 Å². The van der Waals surface area contributed by atoms with E-state index >= 15 is 0 Å². The molecule has 4 N–H and O–H groups in total. The quantitative estimate of drug-likeness (QED) is 0.414. The lowest BCUT2D eigenvalue weighted by Crippen LogP contribution is -2.25. The van der Waals surface area contributed by atoms with Crippen LogP contribution >= 0.6 is 12.2 Å². The first-order valence-corrected chi connectivity index (χ1v) is 5.39. The van der Waals surface area contributed by atoms with Gasteiger partial charge in [0.25, 0.3) is 0 Å². The molecule has 0 fully saturated rings. The highest BCUT2D eigenvalue weighted by Gasteiger charge is 2.06. The molecule has 0 saturated heterocycles. The van der Waals surface area contributed by atoms with Gasteiger partial charge in [0.2, 0.25) is 0 Å². The molecule has 0 aromatic heterocycles. The molecular formula is C11H13N3O2S. The number of nitrogens with two attached hydrogens (primary N) is 1. The number of hydrogen-bond donors (Lipinski definition) is 3. The first-order valence-electron chi connectivity index (χ1n) is 4.99. The second kappa shape index (κ2) is 6.59. The third-order valence-electron chi connectivity index (χ3n) is 1.98. The van der Waals surface area contributed by atoms with E-state index in [2.05, 4.69) is 22.7 Å². The summed E-state index contributed by atoms with van der Waals surface area (Å²) in [5.74, 6) is -0.871. The number of rotatable bonds is 5. The van der Waals surface area contributed by atoms with E-state index in [9.17, 15) is 4.79 Å². The molecule has 0 unspecified atom stereocenters. The molecule has 0 saturated carbocycles. The minimum absolute atomic E-state index is 0.00669. The zero-order chi connectivity index (χ0) is 12.7. The van der Waals surface area contributed by atoms with Crippen LogP contribution < -0.4 is 11.2 Å². The van der Waals surface area contributed by atoms with E-state index in [0.29, 0.717) is 12.1 Å². The normalized spacial score (nSPS) is 10.9. The van der Waals surface area contributed by atoms with Crippen LogP contribution in [0.15, 0.2) is 35.4 Å². The molecule has 0 aliphatic carbocycles. The number of benzene rings is 1. The highest BCUT2D eigenvalue weighted by molar-refractivity contribution is 7.80. The predicted molar refractivity (Wildman–Crippen MR) is 69.8 cm³/mol. The Morgan fingerprint density at radius 1 is 1.35 bits per heavy atom. The van der Waals surface area contributed by atoms with Crippen molar-refractivity contribution in [3.8, 4) is 0 Å². The summed E-state index contributed by atoms with van der Waals surface area (Å²) in [6.45, 7) is 0. The maximum absolute atomic E-state index is 10.5. The fourth-order valence-electron chi connectivity index (χ4n) is 1.24. The molecule has 0 amide bonds. The van der Waals surface area contributed by atoms with E-state index in [-0.39, 0.29) is 11.5 Å². The van der Waals surface area contributed by atoms with Crippen molar-refractivity contribution >= 4 is 29.0 Å². The lowest BCUT2D eigenvalue weighted by atomic mass is 10.1. The third kappa shape index (κ3) is 5.07. The van der Waals surface area contributed by atoms with E-state index in [4.69, 9.17) is 10.8 Å². The monoisotopic (exact) mass is 251 g/mol. The number of nitrogens with zero attached hydrogens (tertiary/aromatic N) is 1. The van der Waals surface area contributed by atoms with Crippen molar-refractivity contribution < 1.29 is 9.90 Å². The fourth-order valence-corrected chi connectivity index (χ4v) is 1.29. The van der Waals surface area contributed by atoms with Gasteiger partial charge in [-0.2, -0.15) is 5.10 Å². The Balaban J connectivity index is 2.82. The third-order valence-corrected chi connectivity index (χ3v) is 2.08. The van der Waals surface area contributed by atoms with E-state index in [1.807, 2.05) is 30.3 Å². The Hall–Kier alpha value is -1.95. The SMILES string of the molecule is NC(=S)NN=C(CCC(=O)O)c1ccccc1. The Bertz CT molecular complexity index is 432. The summed E-state index contributed by atoms with van der Waals surface area (Å²) in [6, 6.07) is 9.28. The molecule has 6 heteroatoms. The highest BCUT2D eigenvalue weighted by atomic mass is 32.1. The number of carboxylic acid groups (broad SMARTS) is 1. The maximum Gasteiger partial charge on any atom is 0.303 e. The van der Waals surface area contributed by atoms with Crippen molar-refractivity contribution in [1.29, 1.82) is 0 Å². The second-order valence-corrected chi connectivity index (χ2v) is 3.73. The summed E-state index contributed by atoms with van der Waals surface area (Å²) in [5, 5.41) is 12.7. The van der Waals surface area contributed by atoms with Gasteiger partial charge in [-0.1, -0.05) is 30.3 Å². The number of nitrogens with one attached hydrogen (secondary N) is 1. The molecule has 0 bridgehead atoms. The summed E-state index contributed by atoms with van der Waals surface area (Å²) in [5.41, 5.74) is 9.20. The summed E-state index contributed by atoms with van der Waals surface area (Å²) >= 11 is 4.64. The van der Waals surface area contributed by atoms with Crippen molar-refractivity contribution in [3.63, 3.8) is 0 Å². The lowest BCUT2D eigenvalue weighted by molar-refractivity contribution is -0.136. The topological polar surface area (TPSA) is 87.7 Å². The Kier molecular flexibility index (Phi) is 5.09. The molecule has 0 aliphatic rings. The molecule has 0 spiro atoms. The summed E-state index contributed by atoms with van der Waals surface area (Å²) in [4.78, 5) is 10.5. The Labute approximate surface area is 104 Å². The molecular weight excluding hydrogens is 238 g/mol. The molecule has 5 nitrogen and oxygen atoms in total. The molecule has 0 aliphatic heterocycles. The molecule has 0 heterocycles. The zero-order valence-corrected chi connectivity index (χ0v) is 9.91. The molecule has 17 heavy (non-hydrogen) atoms. The van der Waals surface area contributed by atoms with Crippen molar-refractivity contribution in [3.05, 3.63) is 35.9 Å². The largest absolute Gasteiger partial charge is 0.481 e. The van der Waals surface area contributed by atoms with Crippen LogP contribution in [0.5, 0.6) is 0 Å². The Morgan fingerprint density at radius 3 is 2.53 bits per heavy atom. The van der Waals surface area contributed by atoms with Gasteiger partial charge in [0.15, 0.2) is 5.11 Å². The standard InChI is InChI=1S/C11H13N3O2S/c12-11(17)14-13-9(6-7-10(15)16)8-4-2-1-3-5-8/h1-5H,6-7H2,(H,15,16)(H3,12,14,17). The van der Waals surface area contributed by atoms with E-state index < -0.39 is 5.97 Å². The van der Waals surface area contributed by atoms with Crippen LogP contribution in [0.25, 0.3) is 0 Å². The first-order chi connectivity index (χ1) is 8.09. The van der Waals surface area contributed by atoms with Gasteiger partial charge in [-0.3, -0.25) is 10.2 Å². The minimum Gasteiger partial charge on any atom is -0.481 e. The van der Waals surface area contributed by atoms with Crippen LogP contribution in [0.3, 0.4) is 0 Å². The maximum atomic E-state index is 10.5. The van der Waals surface area contributed by atoms with E-state index in [1.54, 1.807) is 0 Å². The average Bonchev–Trinajstić information content (AvgIpc) is 2.29. The lowest BCUT2D eigenvalue weighted by Gasteiger charge is -2.05. The molecule has 1 aromatic rings. The number of hydrogen-bond acceptors (Lipinski definition) is 3. The molecule has 90 valence electrons. The van der Waals surface area contributed by atoms with Gasteiger partial charge < -0.3 is 10.8 Å². The van der Waals surface area contributed by atoms with Crippen molar-refractivity contribution in [2.45, 2.75) is 12.8 Å². The van der Waals surface area contributed by atoms with Gasteiger partial charge in [-0.05, 0) is 17.8 Å². The molecule has 0 atom stereocenters. The van der Waals surface area contributed by atoms with Crippen LogP contribution in [0.4, 0.5) is 0 Å². The van der Waals surface area contributed by atoms with Gasteiger partial charge in [0.1, 0.15) is 0 Å². The summed E-state index contributed by atoms with van der Waals surface area (Å²) in [7, 11) is 0. The van der Waals surface area contributed by atoms with Gasteiger partial charge in [0.05, 0.1) is 12.1 Å². The number of carboxylic acids is 1. The van der Waals surface area contributed by atoms with Crippen LogP contribution in [0.1, 0.15) is 18.4 Å². The van der Waals surface area contributed by atoms with Crippen LogP contribution in [0, 0.1) is 0 Å². The van der Waals surface area contributed by atoms with Crippen LogP contribution in [-0.4, -0.2) is 21.9 Å². The van der Waals surface area contributed by atoms with Crippen molar-refractivity contribution in [1.82, 2.24) is 5.43 Å². The van der Waals surface area contributed by atoms with Gasteiger partial charge in [-0.15, -0.1) is 0 Å². The highest BCUT2D eigenvalue weighted by Crippen LogP contribution is 2.06. The van der Waals surface area contributed by atoms with E-state index in [1.165, 1.54) is 0 Å². The van der Waals surface area contributed by atoms with E-state index in [0.717, 1.165) is 5.56 Å². The number of carbonyl (C=O) groups is 1. The fraction of sp³-hybridized carbons (Fsp3) is 0.182. The van der Waals surface area contributed by atoms with Crippen molar-refractivity contribution in [2.75, 3.05) is 0 Å². The predicted octanol–water partition coefficient (Wildman–Crippen LogP) is 1.09. The van der Waals surface area contributed by atoms with Crippen LogP contribution in [-0.2, 0) is 4.79 Å². The minimum atomic E-state index is -0.871. The van der Waals surface area contributed by atoms with Gasteiger partial charge >= 0.3 is 5.97 Å². The van der Waals surface area contributed by atoms with Gasteiger partial charge in [0, 0.05) is 6.42 Å². The number of hydrazone groups is 1.